The molecule has 1 aromatic heterocycles. The fourth-order valence-electron chi connectivity index (χ4n) is 2.09. The molecule has 1 fully saturated rings. The molecule has 0 saturated heterocycles. The third-order valence-corrected chi connectivity index (χ3v) is 3.43. The van der Waals surface area contributed by atoms with Gasteiger partial charge >= 0.3 is 0 Å². The van der Waals surface area contributed by atoms with Crippen LogP contribution in [0.5, 0.6) is 0 Å². The van der Waals surface area contributed by atoms with Crippen LogP contribution in [0.4, 0.5) is 0 Å². The second-order valence-corrected chi connectivity index (χ2v) is 4.75. The number of rotatable bonds is 4. The Kier molecular flexibility index (Phi) is 2.38. The molecule has 1 heterocycles. The molecule has 0 atom stereocenters. The molecule has 3 rings (SSSR count). The van der Waals surface area contributed by atoms with Crippen molar-refractivity contribution in [1.82, 2.24) is 5.32 Å². The van der Waals surface area contributed by atoms with Gasteiger partial charge in [0.15, 0.2) is 0 Å². The third kappa shape index (κ3) is 1.92. The first-order valence-electron chi connectivity index (χ1n) is 5.90. The lowest BCUT2D eigenvalue weighted by Gasteiger charge is -2.06. The van der Waals surface area contributed by atoms with E-state index in [1.807, 2.05) is 18.2 Å². The van der Waals surface area contributed by atoms with Gasteiger partial charge in [-0.05, 0) is 18.9 Å². The van der Waals surface area contributed by atoms with Crippen LogP contribution < -0.4 is 5.32 Å². The molecule has 1 N–H and O–H groups in total. The summed E-state index contributed by atoms with van der Waals surface area (Å²) in [4.78, 5) is 0. The maximum Gasteiger partial charge on any atom is 0.134 e. The summed E-state index contributed by atoms with van der Waals surface area (Å²) in [6.07, 6.45) is 3.86. The predicted molar refractivity (Wildman–Crippen MR) is 65.2 cm³/mol. The second-order valence-electron chi connectivity index (χ2n) is 4.75. The van der Waals surface area contributed by atoms with Gasteiger partial charge in [-0.3, -0.25) is 0 Å². The van der Waals surface area contributed by atoms with Gasteiger partial charge < -0.3 is 9.73 Å². The number of fused-ring (bicyclic) bond motifs is 1. The average molecular weight is 226 g/mol. The molecular formula is C14H14N2O. The Balaban J connectivity index is 1.67. The Labute approximate surface area is 100 Å². The zero-order chi connectivity index (χ0) is 11.7. The third-order valence-electron chi connectivity index (χ3n) is 3.43. The number of hydrogen-bond donors (Lipinski definition) is 1. The quantitative estimate of drug-likeness (QED) is 0.872. The van der Waals surface area contributed by atoms with Crippen LogP contribution >= 0.6 is 0 Å². The summed E-state index contributed by atoms with van der Waals surface area (Å²) in [5.74, 6) is 0. The highest BCUT2D eigenvalue weighted by molar-refractivity contribution is 5.80. The Morgan fingerprint density at radius 1 is 1.35 bits per heavy atom. The van der Waals surface area contributed by atoms with Gasteiger partial charge in [-0.1, -0.05) is 18.2 Å². The van der Waals surface area contributed by atoms with Crippen molar-refractivity contribution in [3.63, 3.8) is 0 Å². The largest absolute Gasteiger partial charge is 0.464 e. The minimum atomic E-state index is -0.0838. The molecule has 0 aliphatic heterocycles. The van der Waals surface area contributed by atoms with E-state index in [-0.39, 0.29) is 5.41 Å². The number of hydrogen-bond acceptors (Lipinski definition) is 3. The van der Waals surface area contributed by atoms with E-state index in [0.717, 1.165) is 42.5 Å². The van der Waals surface area contributed by atoms with Gasteiger partial charge in [-0.15, -0.1) is 0 Å². The molecule has 0 radical (unpaired) electrons. The number of benzene rings is 1. The van der Waals surface area contributed by atoms with Crippen LogP contribution in [0.3, 0.4) is 0 Å². The molecule has 17 heavy (non-hydrogen) atoms. The SMILES string of the molecule is N#CC1(CNCc2coc3ccccc23)CC1. The van der Waals surface area contributed by atoms with Gasteiger partial charge in [-0.2, -0.15) is 5.26 Å². The monoisotopic (exact) mass is 226 g/mol. The van der Waals surface area contributed by atoms with Crippen molar-refractivity contribution in [1.29, 1.82) is 5.26 Å². The normalized spacial score (nSPS) is 16.9. The van der Waals surface area contributed by atoms with E-state index < -0.39 is 0 Å². The van der Waals surface area contributed by atoms with Crippen molar-refractivity contribution >= 4 is 11.0 Å². The van der Waals surface area contributed by atoms with Gasteiger partial charge in [0.25, 0.3) is 0 Å². The highest BCUT2D eigenvalue weighted by Gasteiger charge is 2.42. The Hall–Kier alpha value is -1.79. The molecule has 1 aliphatic carbocycles. The first kappa shape index (κ1) is 10.4. The van der Waals surface area contributed by atoms with Crippen LogP contribution in [0, 0.1) is 16.7 Å². The van der Waals surface area contributed by atoms with Gasteiger partial charge in [-0.25, -0.2) is 0 Å². The van der Waals surface area contributed by atoms with E-state index in [2.05, 4.69) is 17.5 Å². The molecule has 1 aliphatic rings. The van der Waals surface area contributed by atoms with E-state index in [9.17, 15) is 0 Å². The molecule has 3 nitrogen and oxygen atoms in total. The molecule has 1 saturated carbocycles. The number of nitrogens with zero attached hydrogens (tertiary/aromatic N) is 1. The minimum absolute atomic E-state index is 0.0838. The first-order valence-corrected chi connectivity index (χ1v) is 5.90. The summed E-state index contributed by atoms with van der Waals surface area (Å²) in [6, 6.07) is 10.4. The van der Waals surface area contributed by atoms with E-state index in [0.29, 0.717) is 0 Å². The topological polar surface area (TPSA) is 49.0 Å². The van der Waals surface area contributed by atoms with Crippen LogP contribution in [0.15, 0.2) is 34.9 Å². The summed E-state index contributed by atoms with van der Waals surface area (Å²) in [7, 11) is 0. The summed E-state index contributed by atoms with van der Waals surface area (Å²) < 4.78 is 5.47. The Morgan fingerprint density at radius 2 is 2.18 bits per heavy atom. The van der Waals surface area contributed by atoms with E-state index in [1.54, 1.807) is 6.26 Å². The van der Waals surface area contributed by atoms with Crippen molar-refractivity contribution in [3.05, 3.63) is 36.1 Å². The molecule has 1 aromatic carbocycles. The standard InChI is InChI=1S/C14H14N2O/c15-9-14(5-6-14)10-16-7-11-8-17-13-4-2-1-3-12(11)13/h1-4,8,16H,5-7,10H2. The zero-order valence-electron chi connectivity index (χ0n) is 9.57. The van der Waals surface area contributed by atoms with Gasteiger partial charge in [0, 0.05) is 24.0 Å². The van der Waals surface area contributed by atoms with Crippen LogP contribution in [0.25, 0.3) is 11.0 Å². The molecule has 0 spiro atoms. The molecule has 86 valence electrons. The van der Waals surface area contributed by atoms with Gasteiger partial charge in [0.2, 0.25) is 0 Å². The predicted octanol–water partition coefficient (Wildman–Crippen LogP) is 2.83. The first-order chi connectivity index (χ1) is 8.33. The molecule has 0 bridgehead atoms. The Morgan fingerprint density at radius 3 is 2.94 bits per heavy atom. The number of nitriles is 1. The summed E-state index contributed by atoms with van der Waals surface area (Å²) in [5, 5.41) is 13.5. The van der Waals surface area contributed by atoms with Crippen molar-refractivity contribution in [2.24, 2.45) is 5.41 Å². The Bertz CT molecular complexity index is 575. The van der Waals surface area contributed by atoms with Crippen molar-refractivity contribution in [2.75, 3.05) is 6.54 Å². The maximum atomic E-state index is 8.98. The molecule has 2 aromatic rings. The van der Waals surface area contributed by atoms with Crippen LogP contribution in [-0.4, -0.2) is 6.54 Å². The minimum Gasteiger partial charge on any atom is -0.464 e. The highest BCUT2D eigenvalue weighted by Crippen LogP contribution is 2.44. The fourth-order valence-corrected chi connectivity index (χ4v) is 2.09. The van der Waals surface area contributed by atoms with Gasteiger partial charge in [0.05, 0.1) is 17.7 Å². The second kappa shape index (κ2) is 3.90. The van der Waals surface area contributed by atoms with Crippen molar-refractivity contribution < 1.29 is 4.42 Å². The highest BCUT2D eigenvalue weighted by atomic mass is 16.3. The van der Waals surface area contributed by atoms with E-state index in [1.165, 1.54) is 0 Å². The fraction of sp³-hybridized carbons (Fsp3) is 0.357. The van der Waals surface area contributed by atoms with Gasteiger partial charge in [0.1, 0.15) is 5.58 Å². The average Bonchev–Trinajstić information content (AvgIpc) is 3.04. The summed E-state index contributed by atoms with van der Waals surface area (Å²) >= 11 is 0. The molecular weight excluding hydrogens is 212 g/mol. The lowest BCUT2D eigenvalue weighted by atomic mass is 10.1. The van der Waals surface area contributed by atoms with E-state index in [4.69, 9.17) is 9.68 Å². The lowest BCUT2D eigenvalue weighted by molar-refractivity contribution is 0.551. The zero-order valence-corrected chi connectivity index (χ0v) is 9.57. The van der Waals surface area contributed by atoms with Crippen LogP contribution in [-0.2, 0) is 6.54 Å². The van der Waals surface area contributed by atoms with Crippen LogP contribution in [0.2, 0.25) is 0 Å². The van der Waals surface area contributed by atoms with Crippen LogP contribution in [0.1, 0.15) is 18.4 Å². The number of nitrogens with one attached hydrogen (secondary N) is 1. The van der Waals surface area contributed by atoms with E-state index >= 15 is 0 Å². The summed E-state index contributed by atoms with van der Waals surface area (Å²) in [5.41, 5.74) is 2.00. The lowest BCUT2D eigenvalue weighted by Crippen LogP contribution is -2.22. The smallest absolute Gasteiger partial charge is 0.134 e. The summed E-state index contributed by atoms with van der Waals surface area (Å²) in [6.45, 7) is 1.55. The molecule has 0 unspecified atom stereocenters. The van der Waals surface area contributed by atoms with Crippen molar-refractivity contribution in [2.45, 2.75) is 19.4 Å². The number of furan rings is 1. The molecule has 3 heteroatoms. The maximum absolute atomic E-state index is 8.98. The molecule has 0 amide bonds. The van der Waals surface area contributed by atoms with Crippen molar-refractivity contribution in [3.8, 4) is 6.07 Å². The number of para-hydroxylation sites is 1.